The Balaban J connectivity index is 2.38. The zero-order chi connectivity index (χ0) is 14.8. The van der Waals surface area contributed by atoms with Crippen molar-refractivity contribution in [1.82, 2.24) is 0 Å². The molecule has 0 aromatic heterocycles. The average molecular weight is 356 g/mol. The molecule has 0 aliphatic heterocycles. The Morgan fingerprint density at radius 1 is 1.15 bits per heavy atom. The number of hydrogen-bond donors (Lipinski definition) is 1. The van der Waals surface area contributed by atoms with Gasteiger partial charge >= 0.3 is 0 Å². The van der Waals surface area contributed by atoms with E-state index in [4.69, 9.17) is 4.74 Å². The van der Waals surface area contributed by atoms with Crippen LogP contribution in [0.5, 0.6) is 5.75 Å². The fourth-order valence-corrected chi connectivity index (χ4v) is 3.31. The lowest BCUT2D eigenvalue weighted by atomic mass is 10.2. The van der Waals surface area contributed by atoms with Gasteiger partial charge in [0.1, 0.15) is 10.6 Å². The quantitative estimate of drug-likeness (QED) is 0.911. The normalized spacial score (nSPS) is 11.2. The first kappa shape index (κ1) is 14.9. The topological polar surface area (TPSA) is 55.4 Å². The highest BCUT2D eigenvalue weighted by atomic mass is 79.9. The van der Waals surface area contributed by atoms with Crippen LogP contribution in [-0.2, 0) is 10.0 Å². The first-order valence-corrected chi connectivity index (χ1v) is 8.13. The van der Waals surface area contributed by atoms with Crippen LogP contribution in [0, 0.1) is 6.92 Å². The Morgan fingerprint density at radius 2 is 1.85 bits per heavy atom. The number of aryl methyl sites for hydroxylation is 1. The highest BCUT2D eigenvalue weighted by Crippen LogP contribution is 2.27. The van der Waals surface area contributed by atoms with Gasteiger partial charge in [-0.1, -0.05) is 34.1 Å². The third kappa shape index (κ3) is 3.13. The monoisotopic (exact) mass is 355 g/mol. The first-order valence-electron chi connectivity index (χ1n) is 5.86. The molecule has 0 aliphatic rings. The zero-order valence-electron chi connectivity index (χ0n) is 11.1. The van der Waals surface area contributed by atoms with Crippen molar-refractivity contribution in [3.63, 3.8) is 0 Å². The van der Waals surface area contributed by atoms with E-state index in [2.05, 4.69) is 20.7 Å². The van der Waals surface area contributed by atoms with Crippen molar-refractivity contribution in [2.24, 2.45) is 0 Å². The number of methoxy groups -OCH3 is 1. The summed E-state index contributed by atoms with van der Waals surface area (Å²) in [6, 6.07) is 11.8. The third-order valence-corrected chi connectivity index (χ3v) is 5.06. The number of sulfonamides is 1. The van der Waals surface area contributed by atoms with E-state index in [1.165, 1.54) is 13.2 Å². The van der Waals surface area contributed by atoms with Crippen LogP contribution in [0.1, 0.15) is 5.56 Å². The summed E-state index contributed by atoms with van der Waals surface area (Å²) in [5, 5.41) is 0. The molecule has 0 amide bonds. The fourth-order valence-electron chi connectivity index (χ4n) is 1.71. The average Bonchev–Trinajstić information content (AvgIpc) is 2.42. The predicted octanol–water partition coefficient (Wildman–Crippen LogP) is 3.57. The van der Waals surface area contributed by atoms with Crippen molar-refractivity contribution < 1.29 is 13.2 Å². The standard InChI is InChI=1S/C14H14BrNO3S/c1-10-7-8-11(9-12(10)15)16-20(17,18)14-6-4-3-5-13(14)19-2/h3-9,16H,1-2H3. The Labute approximate surface area is 127 Å². The summed E-state index contributed by atoms with van der Waals surface area (Å²) in [5.74, 6) is 0.311. The molecule has 1 N–H and O–H groups in total. The van der Waals surface area contributed by atoms with Gasteiger partial charge in [0.25, 0.3) is 10.0 Å². The molecule has 0 fully saturated rings. The smallest absolute Gasteiger partial charge is 0.265 e. The second kappa shape index (κ2) is 5.85. The van der Waals surface area contributed by atoms with Gasteiger partial charge in [0.2, 0.25) is 0 Å². The van der Waals surface area contributed by atoms with Crippen LogP contribution in [0.25, 0.3) is 0 Å². The van der Waals surface area contributed by atoms with Crippen molar-refractivity contribution in [2.75, 3.05) is 11.8 Å². The molecule has 0 atom stereocenters. The van der Waals surface area contributed by atoms with E-state index in [0.717, 1.165) is 10.0 Å². The molecule has 0 unspecified atom stereocenters. The van der Waals surface area contributed by atoms with E-state index in [9.17, 15) is 8.42 Å². The molecule has 0 bridgehead atoms. The van der Waals surface area contributed by atoms with E-state index in [1.54, 1.807) is 30.3 Å². The number of para-hydroxylation sites is 1. The number of ether oxygens (including phenoxy) is 1. The molecule has 0 aliphatic carbocycles. The molecule has 106 valence electrons. The lowest BCUT2D eigenvalue weighted by molar-refractivity contribution is 0.403. The van der Waals surface area contributed by atoms with Gasteiger partial charge < -0.3 is 4.74 Å². The SMILES string of the molecule is COc1ccccc1S(=O)(=O)Nc1ccc(C)c(Br)c1. The molecule has 20 heavy (non-hydrogen) atoms. The Bertz CT molecular complexity index is 729. The van der Waals surface area contributed by atoms with Crippen LogP contribution in [-0.4, -0.2) is 15.5 Å². The maximum atomic E-state index is 12.4. The van der Waals surface area contributed by atoms with E-state index < -0.39 is 10.0 Å². The van der Waals surface area contributed by atoms with E-state index in [-0.39, 0.29) is 4.90 Å². The Morgan fingerprint density at radius 3 is 2.50 bits per heavy atom. The number of nitrogens with one attached hydrogen (secondary N) is 1. The number of anilines is 1. The van der Waals surface area contributed by atoms with Gasteiger partial charge in [0.05, 0.1) is 7.11 Å². The van der Waals surface area contributed by atoms with Gasteiger partial charge in [-0.25, -0.2) is 8.42 Å². The van der Waals surface area contributed by atoms with Gasteiger partial charge in [-0.2, -0.15) is 0 Å². The molecule has 2 rings (SSSR count). The maximum absolute atomic E-state index is 12.4. The van der Waals surface area contributed by atoms with Gasteiger partial charge in [0.15, 0.2) is 0 Å². The lowest BCUT2D eigenvalue weighted by Crippen LogP contribution is -2.14. The molecule has 2 aromatic rings. The minimum absolute atomic E-state index is 0.110. The number of halogens is 1. The van der Waals surface area contributed by atoms with Crippen LogP contribution in [0.15, 0.2) is 51.8 Å². The molecular formula is C14H14BrNO3S. The molecule has 2 aromatic carbocycles. The van der Waals surface area contributed by atoms with Crippen LogP contribution < -0.4 is 9.46 Å². The Hall–Kier alpha value is -1.53. The Kier molecular flexibility index (Phi) is 4.35. The maximum Gasteiger partial charge on any atom is 0.265 e. The van der Waals surface area contributed by atoms with E-state index >= 15 is 0 Å². The van der Waals surface area contributed by atoms with Crippen molar-refractivity contribution in [3.05, 3.63) is 52.5 Å². The summed E-state index contributed by atoms with van der Waals surface area (Å²) in [4.78, 5) is 0.110. The van der Waals surface area contributed by atoms with E-state index in [1.807, 2.05) is 13.0 Å². The summed E-state index contributed by atoms with van der Waals surface area (Å²) in [7, 11) is -2.24. The van der Waals surface area contributed by atoms with E-state index in [0.29, 0.717) is 11.4 Å². The summed E-state index contributed by atoms with van der Waals surface area (Å²) in [6.07, 6.45) is 0. The molecule has 0 radical (unpaired) electrons. The van der Waals surface area contributed by atoms with Crippen LogP contribution in [0.4, 0.5) is 5.69 Å². The van der Waals surface area contributed by atoms with Crippen molar-refractivity contribution in [2.45, 2.75) is 11.8 Å². The molecule has 4 nitrogen and oxygen atoms in total. The fraction of sp³-hybridized carbons (Fsp3) is 0.143. The molecule has 0 spiro atoms. The highest BCUT2D eigenvalue weighted by Gasteiger charge is 2.19. The predicted molar refractivity (Wildman–Crippen MR) is 82.7 cm³/mol. The third-order valence-electron chi connectivity index (χ3n) is 2.78. The number of rotatable bonds is 4. The molecule has 0 saturated heterocycles. The molecule has 6 heteroatoms. The molecule has 0 heterocycles. The van der Waals surface area contributed by atoms with Crippen LogP contribution in [0.2, 0.25) is 0 Å². The number of hydrogen-bond acceptors (Lipinski definition) is 3. The summed E-state index contributed by atoms with van der Waals surface area (Å²) in [5.41, 5.74) is 1.53. The molecule has 0 saturated carbocycles. The van der Waals surface area contributed by atoms with Gasteiger partial charge in [-0.05, 0) is 36.8 Å². The molecular weight excluding hydrogens is 342 g/mol. The van der Waals surface area contributed by atoms with Gasteiger partial charge in [-0.15, -0.1) is 0 Å². The second-order valence-electron chi connectivity index (χ2n) is 4.22. The summed E-state index contributed by atoms with van der Waals surface area (Å²) >= 11 is 3.38. The van der Waals surface area contributed by atoms with Crippen molar-refractivity contribution in [1.29, 1.82) is 0 Å². The van der Waals surface area contributed by atoms with Crippen LogP contribution >= 0.6 is 15.9 Å². The zero-order valence-corrected chi connectivity index (χ0v) is 13.5. The van der Waals surface area contributed by atoms with Crippen molar-refractivity contribution >= 4 is 31.6 Å². The lowest BCUT2D eigenvalue weighted by Gasteiger charge is -2.12. The largest absolute Gasteiger partial charge is 0.495 e. The van der Waals surface area contributed by atoms with Crippen LogP contribution in [0.3, 0.4) is 0 Å². The van der Waals surface area contributed by atoms with Crippen molar-refractivity contribution in [3.8, 4) is 5.75 Å². The second-order valence-corrected chi connectivity index (χ2v) is 6.73. The summed E-state index contributed by atoms with van der Waals surface area (Å²) in [6.45, 7) is 1.93. The highest BCUT2D eigenvalue weighted by molar-refractivity contribution is 9.10. The first-order chi connectivity index (χ1) is 9.44. The minimum Gasteiger partial charge on any atom is -0.495 e. The van der Waals surface area contributed by atoms with Gasteiger partial charge in [-0.3, -0.25) is 4.72 Å². The minimum atomic E-state index is -3.68. The van der Waals surface area contributed by atoms with Gasteiger partial charge in [0, 0.05) is 10.2 Å². The summed E-state index contributed by atoms with van der Waals surface area (Å²) < 4.78 is 33.2. The number of benzene rings is 2.